The maximum atomic E-state index is 14.5. The second kappa shape index (κ2) is 12.9. The lowest BCUT2D eigenvalue weighted by atomic mass is 9.96. The second-order valence-electron chi connectivity index (χ2n) is 8.99. The maximum absolute atomic E-state index is 14.5. The highest BCUT2D eigenvalue weighted by Crippen LogP contribution is 2.37. The van der Waals surface area contributed by atoms with Crippen molar-refractivity contribution in [3.05, 3.63) is 59.5 Å². The van der Waals surface area contributed by atoms with Gasteiger partial charge in [-0.15, -0.1) is 0 Å². The summed E-state index contributed by atoms with van der Waals surface area (Å²) in [7, 11) is -7.90. The summed E-state index contributed by atoms with van der Waals surface area (Å²) in [6.45, 7) is 1.05. The molecule has 2 aliphatic heterocycles. The normalized spacial score (nSPS) is 21.0. The van der Waals surface area contributed by atoms with Crippen molar-refractivity contribution in [2.75, 3.05) is 38.6 Å². The summed E-state index contributed by atoms with van der Waals surface area (Å²) in [5, 5.41) is 6.98. The van der Waals surface area contributed by atoms with Crippen LogP contribution in [-0.4, -0.2) is 92.3 Å². The zero-order valence-electron chi connectivity index (χ0n) is 21.0. The predicted octanol–water partition coefficient (Wildman–Crippen LogP) is 1.52. The number of sulfone groups is 1. The van der Waals surface area contributed by atoms with Crippen molar-refractivity contribution < 1.29 is 49.0 Å². The Bertz CT molecular complexity index is 1400. The molecule has 0 radical (unpaired) electrons. The average Bonchev–Trinajstić information content (AvgIpc) is 3.33. The number of hydrogen-bond acceptors (Lipinski definition) is 8. The van der Waals surface area contributed by atoms with Gasteiger partial charge in [-0.3, -0.25) is 0 Å². The molecule has 222 valence electrons. The Labute approximate surface area is 228 Å². The third-order valence-electron chi connectivity index (χ3n) is 6.31. The molecule has 2 aliphatic rings. The van der Waals surface area contributed by atoms with E-state index in [0.29, 0.717) is 11.1 Å². The van der Waals surface area contributed by atoms with E-state index >= 15 is 0 Å². The van der Waals surface area contributed by atoms with E-state index in [9.17, 15) is 34.4 Å². The van der Waals surface area contributed by atoms with Crippen molar-refractivity contribution in [1.29, 1.82) is 0 Å². The highest BCUT2D eigenvalue weighted by atomic mass is 32.2. The van der Waals surface area contributed by atoms with Crippen LogP contribution < -0.4 is 5.73 Å². The molecule has 1 aromatic carbocycles. The van der Waals surface area contributed by atoms with E-state index in [0.717, 1.165) is 0 Å². The lowest BCUT2D eigenvalue weighted by molar-refractivity contribution is -0.192. The first-order valence-corrected chi connectivity index (χ1v) is 15.0. The van der Waals surface area contributed by atoms with Gasteiger partial charge in [0, 0.05) is 44.3 Å². The number of carboxylic acids is 1. The molecule has 0 aliphatic carbocycles. The summed E-state index contributed by atoms with van der Waals surface area (Å²) >= 11 is 0. The Balaban J connectivity index is 0.000000559. The molecule has 0 spiro atoms. The summed E-state index contributed by atoms with van der Waals surface area (Å²) in [6, 6.07) is 8.35. The summed E-state index contributed by atoms with van der Waals surface area (Å²) in [6.07, 6.45) is -3.53. The zero-order chi connectivity index (χ0) is 29.7. The summed E-state index contributed by atoms with van der Waals surface area (Å²) < 4.78 is 107. The standard InChI is InChI=1S/C21H27FN4O5S2.C2HF3O2/c22-20-4-2-1-3-19(20)17-12-18(15-32(27,28)21-11-16(13-23)5-6-24-21)26(14-17)33(29,30)25-7-9-31-10-8-25;3-2(4,5)1(6)7/h1-6,11,17-18H,7-10,12-15,23H2;(H,6,7)/t17-,18-;/m1./s1. The second-order valence-corrected chi connectivity index (χ2v) is 12.8. The molecule has 3 heterocycles. The van der Waals surface area contributed by atoms with Crippen molar-refractivity contribution in [1.82, 2.24) is 13.6 Å². The number of ether oxygens (including phenoxy) is 1. The molecule has 2 atom stereocenters. The number of nitrogens with zero attached hydrogens (tertiary/aromatic N) is 3. The van der Waals surface area contributed by atoms with Crippen LogP contribution in [0.2, 0.25) is 0 Å². The smallest absolute Gasteiger partial charge is 0.475 e. The molecule has 0 saturated carbocycles. The minimum Gasteiger partial charge on any atom is -0.475 e. The van der Waals surface area contributed by atoms with E-state index in [2.05, 4.69) is 4.98 Å². The van der Waals surface area contributed by atoms with Gasteiger partial charge in [0.1, 0.15) is 5.82 Å². The van der Waals surface area contributed by atoms with Gasteiger partial charge in [-0.05, 0) is 35.7 Å². The number of morpholine rings is 1. The fraction of sp³-hybridized carbons (Fsp3) is 0.478. The fourth-order valence-corrected chi connectivity index (χ4v) is 7.82. The summed E-state index contributed by atoms with van der Waals surface area (Å²) in [5.41, 5.74) is 6.61. The van der Waals surface area contributed by atoms with E-state index in [1.54, 1.807) is 24.3 Å². The topological polar surface area (TPSA) is 160 Å². The van der Waals surface area contributed by atoms with Gasteiger partial charge < -0.3 is 15.6 Å². The molecule has 0 bridgehead atoms. The maximum Gasteiger partial charge on any atom is 0.490 e. The van der Waals surface area contributed by atoms with Crippen molar-refractivity contribution in [2.45, 2.75) is 36.1 Å². The van der Waals surface area contributed by atoms with Crippen LogP contribution in [0.1, 0.15) is 23.5 Å². The number of carboxylic acid groups (broad SMARTS) is 1. The van der Waals surface area contributed by atoms with Crippen LogP contribution in [0.15, 0.2) is 47.6 Å². The number of pyridine rings is 1. The number of hydrogen-bond donors (Lipinski definition) is 2. The number of aromatic nitrogens is 1. The van der Waals surface area contributed by atoms with Gasteiger partial charge in [0.25, 0.3) is 10.2 Å². The van der Waals surface area contributed by atoms with Crippen molar-refractivity contribution in [3.63, 3.8) is 0 Å². The van der Waals surface area contributed by atoms with Gasteiger partial charge in [-0.2, -0.15) is 30.2 Å². The molecule has 2 saturated heterocycles. The number of carbonyl (C=O) groups is 1. The Morgan fingerprint density at radius 2 is 1.75 bits per heavy atom. The van der Waals surface area contributed by atoms with Gasteiger partial charge in [0.15, 0.2) is 14.9 Å². The first-order valence-electron chi connectivity index (χ1n) is 11.9. The van der Waals surface area contributed by atoms with Crippen LogP contribution in [0, 0.1) is 5.82 Å². The highest BCUT2D eigenvalue weighted by molar-refractivity contribution is 7.91. The minimum atomic E-state index is -5.08. The molecule has 3 N–H and O–H groups in total. The molecule has 40 heavy (non-hydrogen) atoms. The largest absolute Gasteiger partial charge is 0.490 e. The number of nitrogens with two attached hydrogens (primary N) is 1. The van der Waals surface area contributed by atoms with Crippen LogP contribution in [-0.2, 0) is 36.1 Å². The average molecular weight is 613 g/mol. The molecule has 1 aromatic heterocycles. The van der Waals surface area contributed by atoms with E-state index in [1.165, 1.54) is 26.9 Å². The molecular formula is C23H28F4N4O7S2. The molecular weight excluding hydrogens is 584 g/mol. The molecule has 0 amide bonds. The number of benzene rings is 1. The molecule has 2 fully saturated rings. The SMILES string of the molecule is NCc1ccnc(S(=O)(=O)C[C@H]2C[C@@H](c3ccccc3F)CN2S(=O)(=O)N2CCOCC2)c1.O=C(O)C(F)(F)F. The number of rotatable bonds is 7. The third kappa shape index (κ3) is 7.73. The molecule has 17 heteroatoms. The number of aliphatic carboxylic acids is 1. The van der Waals surface area contributed by atoms with E-state index in [1.807, 2.05) is 0 Å². The van der Waals surface area contributed by atoms with E-state index in [-0.39, 0.29) is 50.8 Å². The van der Waals surface area contributed by atoms with Crippen molar-refractivity contribution in [3.8, 4) is 0 Å². The molecule has 11 nitrogen and oxygen atoms in total. The van der Waals surface area contributed by atoms with E-state index < -0.39 is 55.7 Å². The Morgan fingerprint density at radius 3 is 2.33 bits per heavy atom. The quantitative estimate of drug-likeness (QED) is 0.442. The highest BCUT2D eigenvalue weighted by Gasteiger charge is 2.45. The molecule has 2 aromatic rings. The lowest BCUT2D eigenvalue weighted by Gasteiger charge is -2.32. The van der Waals surface area contributed by atoms with Crippen LogP contribution in [0.3, 0.4) is 0 Å². The van der Waals surface area contributed by atoms with Crippen LogP contribution in [0.5, 0.6) is 0 Å². The van der Waals surface area contributed by atoms with Gasteiger partial charge in [0.05, 0.1) is 19.0 Å². The first-order chi connectivity index (χ1) is 18.7. The van der Waals surface area contributed by atoms with E-state index in [4.69, 9.17) is 20.4 Å². The van der Waals surface area contributed by atoms with Crippen LogP contribution >= 0.6 is 0 Å². The molecule has 0 unspecified atom stereocenters. The fourth-order valence-electron chi connectivity index (χ4n) is 4.36. The zero-order valence-corrected chi connectivity index (χ0v) is 22.6. The summed E-state index contributed by atoms with van der Waals surface area (Å²) in [5.74, 6) is -4.12. The predicted molar refractivity (Wildman–Crippen MR) is 133 cm³/mol. The van der Waals surface area contributed by atoms with Crippen molar-refractivity contribution in [2.24, 2.45) is 5.73 Å². The number of alkyl halides is 3. The van der Waals surface area contributed by atoms with Gasteiger partial charge in [-0.1, -0.05) is 18.2 Å². The van der Waals surface area contributed by atoms with Gasteiger partial charge in [-0.25, -0.2) is 22.6 Å². The molecule has 4 rings (SSSR count). The lowest BCUT2D eigenvalue weighted by Crippen LogP contribution is -2.51. The monoisotopic (exact) mass is 612 g/mol. The van der Waals surface area contributed by atoms with Gasteiger partial charge in [0.2, 0.25) is 0 Å². The Kier molecular flexibility index (Phi) is 10.2. The number of halogens is 4. The summed E-state index contributed by atoms with van der Waals surface area (Å²) in [4.78, 5) is 12.9. The van der Waals surface area contributed by atoms with Crippen molar-refractivity contribution >= 4 is 26.0 Å². The third-order valence-corrected chi connectivity index (χ3v) is 10.1. The van der Waals surface area contributed by atoms with Crippen LogP contribution in [0.25, 0.3) is 0 Å². The Hall–Kier alpha value is -2.70. The van der Waals surface area contributed by atoms with Gasteiger partial charge >= 0.3 is 12.1 Å². The minimum absolute atomic E-state index is 0.00290. The Morgan fingerprint density at radius 1 is 1.12 bits per heavy atom. The van der Waals surface area contributed by atoms with Crippen LogP contribution in [0.4, 0.5) is 17.6 Å². The first kappa shape index (κ1) is 31.8.